The number of hydrogen-bond acceptors (Lipinski definition) is 5. The van der Waals surface area contributed by atoms with Gasteiger partial charge in [0.25, 0.3) is 6.43 Å². The molecule has 2 aromatic heterocycles. The van der Waals surface area contributed by atoms with Gasteiger partial charge in [0.15, 0.2) is 0 Å². The van der Waals surface area contributed by atoms with Gasteiger partial charge in [-0.15, -0.1) is 0 Å². The lowest BCUT2D eigenvalue weighted by Crippen LogP contribution is -2.36. The van der Waals surface area contributed by atoms with Gasteiger partial charge in [0.1, 0.15) is 11.5 Å². The highest BCUT2D eigenvalue weighted by Gasteiger charge is 2.26. The average Bonchev–Trinajstić information content (AvgIpc) is 3.44. The van der Waals surface area contributed by atoms with Crippen LogP contribution in [-0.4, -0.2) is 67.0 Å². The maximum Gasteiger partial charge on any atom is 0.321 e. The van der Waals surface area contributed by atoms with Crippen LogP contribution in [0.25, 0.3) is 22.4 Å². The van der Waals surface area contributed by atoms with Gasteiger partial charge < -0.3 is 19.9 Å². The monoisotopic (exact) mass is 525 g/mol. The fourth-order valence-electron chi connectivity index (χ4n) is 4.86. The molecule has 0 bridgehead atoms. The number of carbonyl (C=O) groups is 1. The van der Waals surface area contributed by atoms with Crippen molar-refractivity contribution in [2.24, 2.45) is 5.92 Å². The largest absolute Gasteiger partial charge is 0.378 e. The second-order valence-corrected chi connectivity index (χ2v) is 9.68. The molecule has 10 heteroatoms. The lowest BCUT2D eigenvalue weighted by atomic mass is 9.98. The molecule has 0 aliphatic carbocycles. The van der Waals surface area contributed by atoms with E-state index in [2.05, 4.69) is 15.2 Å². The van der Waals surface area contributed by atoms with Crippen molar-refractivity contribution >= 4 is 17.5 Å². The maximum absolute atomic E-state index is 13.4. The summed E-state index contributed by atoms with van der Waals surface area (Å²) in [6.07, 6.45) is -0.655. The molecule has 38 heavy (non-hydrogen) atoms. The Kier molecular flexibility index (Phi) is 7.78. The van der Waals surface area contributed by atoms with Crippen molar-refractivity contribution in [3.63, 3.8) is 0 Å². The van der Waals surface area contributed by atoms with Gasteiger partial charge in [-0.1, -0.05) is 6.07 Å². The predicted molar refractivity (Wildman–Crippen MR) is 140 cm³/mol. The molecule has 1 N–H and O–H groups in total. The van der Waals surface area contributed by atoms with Gasteiger partial charge in [-0.2, -0.15) is 0 Å². The summed E-state index contributed by atoms with van der Waals surface area (Å²) < 4.78 is 45.3. The number of ether oxygens (including phenoxy) is 1. The minimum atomic E-state index is -2.69. The van der Waals surface area contributed by atoms with Crippen molar-refractivity contribution in [1.82, 2.24) is 14.9 Å². The molecule has 0 saturated carbocycles. The molecule has 7 nitrogen and oxygen atoms in total. The highest BCUT2D eigenvalue weighted by Crippen LogP contribution is 2.34. The molecule has 2 amide bonds. The number of likely N-dealkylation sites (tertiary alicyclic amines) is 1. The summed E-state index contributed by atoms with van der Waals surface area (Å²) in [6.45, 7) is 4.97. The van der Waals surface area contributed by atoms with Crippen LogP contribution in [0.5, 0.6) is 0 Å². The fraction of sp³-hybridized carbons (Fsp3) is 0.393. The summed E-state index contributed by atoms with van der Waals surface area (Å²) in [4.78, 5) is 25.1. The van der Waals surface area contributed by atoms with E-state index in [0.29, 0.717) is 62.8 Å². The Hall–Kier alpha value is -3.66. The number of anilines is 2. The zero-order chi connectivity index (χ0) is 26.6. The number of nitrogens with one attached hydrogen (secondary N) is 1. The van der Waals surface area contributed by atoms with Crippen molar-refractivity contribution in [2.45, 2.75) is 19.8 Å². The second kappa shape index (κ2) is 11.4. The molecule has 0 radical (unpaired) electrons. The van der Waals surface area contributed by atoms with Crippen LogP contribution in [0.2, 0.25) is 0 Å². The third kappa shape index (κ3) is 5.75. The van der Waals surface area contributed by atoms with Gasteiger partial charge >= 0.3 is 6.03 Å². The van der Waals surface area contributed by atoms with Gasteiger partial charge in [-0.05, 0) is 66.4 Å². The molecule has 4 heterocycles. The van der Waals surface area contributed by atoms with E-state index in [1.807, 2.05) is 37.3 Å². The molecule has 5 rings (SSSR count). The summed E-state index contributed by atoms with van der Waals surface area (Å²) in [7, 11) is 0. The summed E-state index contributed by atoms with van der Waals surface area (Å²) in [5.41, 5.74) is 4.12. The lowest BCUT2D eigenvalue weighted by molar-refractivity contribution is 0.122. The Bertz CT molecular complexity index is 1300. The molecule has 2 fully saturated rings. The van der Waals surface area contributed by atoms with Crippen molar-refractivity contribution in [2.75, 3.05) is 56.3 Å². The molecule has 2 aliphatic rings. The quantitative estimate of drug-likeness (QED) is 0.446. The molecule has 0 spiro atoms. The fourth-order valence-corrected chi connectivity index (χ4v) is 4.86. The van der Waals surface area contributed by atoms with Gasteiger partial charge in [0, 0.05) is 49.5 Å². The summed E-state index contributed by atoms with van der Waals surface area (Å²) >= 11 is 0. The smallest absolute Gasteiger partial charge is 0.321 e. The van der Waals surface area contributed by atoms with Gasteiger partial charge in [0.05, 0.1) is 25.6 Å². The molecule has 1 aromatic carbocycles. The number of rotatable bonds is 6. The topological polar surface area (TPSA) is 70.6 Å². The van der Waals surface area contributed by atoms with E-state index in [4.69, 9.17) is 9.72 Å². The highest BCUT2D eigenvalue weighted by molar-refractivity contribution is 5.91. The second-order valence-electron chi connectivity index (χ2n) is 9.68. The standard InChI is InChI=1S/C28H30F3N5O2/c1-18-2-3-22(33-28(37)36-7-5-19(16-29)17-36)15-23(18)21-13-24(20-4-6-32-25(12-20)27(30)31)34-26(14-21)35-8-10-38-11-9-35/h2-4,6,12-15,19,27H,5,7-11,16-17H2,1H3,(H,33,37)/t19-/m0/s1. The van der Waals surface area contributed by atoms with E-state index < -0.39 is 13.1 Å². The van der Waals surface area contributed by atoms with Crippen LogP contribution >= 0.6 is 0 Å². The molecule has 0 unspecified atom stereocenters. The number of amides is 2. The molecule has 200 valence electrons. The van der Waals surface area contributed by atoms with Gasteiger partial charge in [-0.25, -0.2) is 18.6 Å². The Morgan fingerprint density at radius 3 is 2.66 bits per heavy atom. The number of halogens is 3. The Labute approximate surface area is 219 Å². The molecule has 3 aromatic rings. The lowest BCUT2D eigenvalue weighted by Gasteiger charge is -2.28. The number of benzene rings is 1. The number of morpholine rings is 1. The number of aryl methyl sites for hydroxylation is 1. The van der Waals surface area contributed by atoms with E-state index in [-0.39, 0.29) is 17.6 Å². The normalized spacial score (nSPS) is 17.8. The first kappa shape index (κ1) is 26.0. The third-order valence-corrected chi connectivity index (χ3v) is 7.04. The zero-order valence-electron chi connectivity index (χ0n) is 21.2. The maximum atomic E-state index is 13.4. The zero-order valence-corrected chi connectivity index (χ0v) is 21.2. The third-order valence-electron chi connectivity index (χ3n) is 7.04. The van der Waals surface area contributed by atoms with E-state index in [9.17, 15) is 18.0 Å². The number of hydrogen-bond donors (Lipinski definition) is 1. The first-order chi connectivity index (χ1) is 18.4. The first-order valence-corrected chi connectivity index (χ1v) is 12.7. The minimum Gasteiger partial charge on any atom is -0.378 e. The van der Waals surface area contributed by atoms with E-state index in [1.165, 1.54) is 12.3 Å². The minimum absolute atomic E-state index is 0.109. The van der Waals surface area contributed by atoms with Crippen molar-refractivity contribution in [1.29, 1.82) is 0 Å². The van der Waals surface area contributed by atoms with Crippen molar-refractivity contribution in [3.05, 3.63) is 59.9 Å². The number of nitrogens with zero attached hydrogens (tertiary/aromatic N) is 4. The Morgan fingerprint density at radius 2 is 1.92 bits per heavy atom. The number of urea groups is 1. The summed E-state index contributed by atoms with van der Waals surface area (Å²) in [5.74, 6) is 0.612. The van der Waals surface area contributed by atoms with E-state index >= 15 is 0 Å². The summed E-state index contributed by atoms with van der Waals surface area (Å²) in [6, 6.07) is 12.3. The van der Waals surface area contributed by atoms with E-state index in [1.54, 1.807) is 11.0 Å². The highest BCUT2D eigenvalue weighted by atomic mass is 19.3. The number of aromatic nitrogens is 2. The number of alkyl halides is 3. The van der Waals surface area contributed by atoms with Crippen LogP contribution in [0.15, 0.2) is 48.7 Å². The van der Waals surface area contributed by atoms with Crippen LogP contribution in [0.1, 0.15) is 24.1 Å². The van der Waals surface area contributed by atoms with Gasteiger partial charge in [0.2, 0.25) is 0 Å². The average molecular weight is 526 g/mol. The molecule has 2 aliphatic heterocycles. The van der Waals surface area contributed by atoms with Gasteiger partial charge in [-0.3, -0.25) is 9.37 Å². The molecular formula is C28H30F3N5O2. The molecule has 1 atom stereocenters. The predicted octanol–water partition coefficient (Wildman–Crippen LogP) is 5.72. The van der Waals surface area contributed by atoms with Crippen LogP contribution in [-0.2, 0) is 4.74 Å². The van der Waals surface area contributed by atoms with Crippen molar-refractivity contribution in [3.8, 4) is 22.4 Å². The van der Waals surface area contributed by atoms with Crippen LogP contribution in [0.4, 0.5) is 29.5 Å². The van der Waals surface area contributed by atoms with E-state index in [0.717, 1.165) is 22.5 Å². The van der Waals surface area contributed by atoms with Crippen LogP contribution in [0, 0.1) is 12.8 Å². The van der Waals surface area contributed by atoms with Crippen LogP contribution in [0.3, 0.4) is 0 Å². The molecular weight excluding hydrogens is 495 g/mol. The number of pyridine rings is 2. The SMILES string of the molecule is Cc1ccc(NC(=O)N2CC[C@@H](CF)C2)cc1-c1cc(-c2ccnc(C(F)F)c2)nc(N2CCOCC2)c1. The Balaban J connectivity index is 1.50. The Morgan fingerprint density at radius 1 is 1.11 bits per heavy atom. The molecule has 2 saturated heterocycles. The van der Waals surface area contributed by atoms with Crippen molar-refractivity contribution < 1.29 is 22.7 Å². The summed E-state index contributed by atoms with van der Waals surface area (Å²) in [5, 5.41) is 2.94. The first-order valence-electron chi connectivity index (χ1n) is 12.7. The number of carbonyl (C=O) groups excluding carboxylic acids is 1. The van der Waals surface area contributed by atoms with Crippen LogP contribution < -0.4 is 10.2 Å².